The highest BCUT2D eigenvalue weighted by molar-refractivity contribution is 6.83. The first-order valence-corrected chi connectivity index (χ1v) is 7.16. The monoisotopic (exact) mass is 156 g/mol. The van der Waals surface area contributed by atoms with E-state index in [4.69, 9.17) is 5.11 Å². The van der Waals surface area contributed by atoms with Crippen LogP contribution in [0.2, 0.25) is 19.6 Å². The molecule has 0 bridgehead atoms. The minimum Gasteiger partial charge on any atom is -0.380 e. The molecule has 0 saturated carbocycles. The van der Waals surface area contributed by atoms with Gasteiger partial charge in [0.05, 0.1) is 0 Å². The lowest BCUT2D eigenvalue weighted by atomic mass is 10.3. The SMILES string of the molecule is CC[C@@H](O)C#C[Si](C)(C)C. The molecule has 0 rings (SSSR count). The van der Waals surface area contributed by atoms with E-state index < -0.39 is 14.2 Å². The van der Waals surface area contributed by atoms with Crippen molar-refractivity contribution in [3.8, 4) is 11.5 Å². The maximum absolute atomic E-state index is 9.07. The molecule has 0 aliphatic heterocycles. The van der Waals surface area contributed by atoms with Gasteiger partial charge in [0.1, 0.15) is 14.2 Å². The third-order valence-corrected chi connectivity index (χ3v) is 1.89. The lowest BCUT2D eigenvalue weighted by molar-refractivity contribution is 0.228. The van der Waals surface area contributed by atoms with Gasteiger partial charge in [-0.1, -0.05) is 32.5 Å². The summed E-state index contributed by atoms with van der Waals surface area (Å²) in [6, 6.07) is 0. The third-order valence-electron chi connectivity index (χ3n) is 1.00. The number of hydrogen-bond donors (Lipinski definition) is 1. The topological polar surface area (TPSA) is 20.2 Å². The fourth-order valence-corrected chi connectivity index (χ4v) is 1.00. The highest BCUT2D eigenvalue weighted by atomic mass is 28.3. The van der Waals surface area contributed by atoms with Crippen LogP contribution < -0.4 is 0 Å². The molecule has 0 saturated heterocycles. The second-order valence-corrected chi connectivity index (χ2v) is 8.19. The van der Waals surface area contributed by atoms with Crippen LogP contribution >= 0.6 is 0 Å². The second-order valence-electron chi connectivity index (χ2n) is 3.44. The highest BCUT2D eigenvalue weighted by Crippen LogP contribution is 1.97. The van der Waals surface area contributed by atoms with Crippen LogP contribution in [0.15, 0.2) is 0 Å². The number of rotatable bonds is 1. The molecule has 0 aromatic carbocycles. The Morgan fingerprint density at radius 2 is 1.90 bits per heavy atom. The summed E-state index contributed by atoms with van der Waals surface area (Å²) in [4.78, 5) is 0. The molecular weight excluding hydrogens is 140 g/mol. The molecule has 0 radical (unpaired) electrons. The minimum absolute atomic E-state index is 0.410. The fraction of sp³-hybridized carbons (Fsp3) is 0.750. The standard InChI is InChI=1S/C8H16OSi/c1-5-8(9)6-7-10(2,3)4/h8-9H,5H2,1-4H3/t8-/m1/s1. The zero-order valence-electron chi connectivity index (χ0n) is 7.23. The van der Waals surface area contributed by atoms with Crippen LogP contribution in [0.25, 0.3) is 0 Å². The lowest BCUT2D eigenvalue weighted by Gasteiger charge is -2.04. The predicted octanol–water partition coefficient (Wildman–Crippen LogP) is 1.64. The Labute approximate surface area is 64.5 Å². The minimum atomic E-state index is -1.26. The molecule has 0 heterocycles. The van der Waals surface area contributed by atoms with Gasteiger partial charge in [0.15, 0.2) is 0 Å². The van der Waals surface area contributed by atoms with Gasteiger partial charge in [-0.3, -0.25) is 0 Å². The second kappa shape index (κ2) is 3.80. The fourth-order valence-electron chi connectivity index (χ4n) is 0.402. The van der Waals surface area contributed by atoms with Crippen LogP contribution in [-0.4, -0.2) is 19.3 Å². The van der Waals surface area contributed by atoms with Crippen molar-refractivity contribution in [2.75, 3.05) is 0 Å². The van der Waals surface area contributed by atoms with Crippen molar-refractivity contribution in [2.24, 2.45) is 0 Å². The van der Waals surface area contributed by atoms with Crippen molar-refractivity contribution >= 4 is 8.07 Å². The Kier molecular flexibility index (Phi) is 3.70. The molecule has 1 atom stereocenters. The van der Waals surface area contributed by atoms with Gasteiger partial charge in [-0.2, -0.15) is 0 Å². The van der Waals surface area contributed by atoms with E-state index in [1.807, 2.05) is 6.92 Å². The van der Waals surface area contributed by atoms with Gasteiger partial charge in [0.25, 0.3) is 0 Å². The van der Waals surface area contributed by atoms with E-state index in [2.05, 4.69) is 31.1 Å². The summed E-state index contributed by atoms with van der Waals surface area (Å²) in [5, 5.41) is 9.07. The van der Waals surface area contributed by atoms with Crippen LogP contribution in [0, 0.1) is 11.5 Å². The van der Waals surface area contributed by atoms with E-state index in [1.165, 1.54) is 0 Å². The summed E-state index contributed by atoms with van der Waals surface area (Å²) in [5.74, 6) is 2.84. The summed E-state index contributed by atoms with van der Waals surface area (Å²) in [6.07, 6.45) is 0.323. The van der Waals surface area contributed by atoms with E-state index in [9.17, 15) is 0 Å². The molecule has 0 amide bonds. The van der Waals surface area contributed by atoms with Crippen LogP contribution in [0.1, 0.15) is 13.3 Å². The molecule has 0 aliphatic rings. The molecule has 58 valence electrons. The summed E-state index contributed by atoms with van der Waals surface area (Å²) in [7, 11) is -1.26. The summed E-state index contributed by atoms with van der Waals surface area (Å²) >= 11 is 0. The predicted molar refractivity (Wildman–Crippen MR) is 47.4 cm³/mol. The van der Waals surface area contributed by atoms with Gasteiger partial charge in [-0.15, -0.1) is 5.54 Å². The van der Waals surface area contributed by atoms with Gasteiger partial charge < -0.3 is 5.11 Å². The Morgan fingerprint density at radius 1 is 1.40 bits per heavy atom. The Balaban J connectivity index is 3.91. The van der Waals surface area contributed by atoms with E-state index >= 15 is 0 Å². The Hall–Kier alpha value is -0.263. The van der Waals surface area contributed by atoms with E-state index in [1.54, 1.807) is 0 Å². The highest BCUT2D eigenvalue weighted by Gasteiger charge is 2.07. The zero-order valence-corrected chi connectivity index (χ0v) is 8.23. The van der Waals surface area contributed by atoms with Gasteiger partial charge in [0, 0.05) is 0 Å². The molecule has 0 spiro atoms. The van der Waals surface area contributed by atoms with E-state index in [-0.39, 0.29) is 0 Å². The smallest absolute Gasteiger partial charge is 0.129 e. The third kappa shape index (κ3) is 5.87. The summed E-state index contributed by atoms with van der Waals surface area (Å²) < 4.78 is 0. The average Bonchev–Trinajstić information content (AvgIpc) is 1.81. The van der Waals surface area contributed by atoms with E-state index in [0.717, 1.165) is 6.42 Å². The van der Waals surface area contributed by atoms with Crippen LogP contribution in [0.4, 0.5) is 0 Å². The Bertz CT molecular complexity index is 147. The van der Waals surface area contributed by atoms with Crippen molar-refractivity contribution in [2.45, 2.75) is 39.1 Å². The number of aliphatic hydroxyl groups is 1. The van der Waals surface area contributed by atoms with Crippen molar-refractivity contribution in [3.63, 3.8) is 0 Å². The zero-order chi connectivity index (χ0) is 8.20. The van der Waals surface area contributed by atoms with Crippen LogP contribution in [0.5, 0.6) is 0 Å². The first-order chi connectivity index (χ1) is 4.45. The first kappa shape index (κ1) is 9.74. The van der Waals surface area contributed by atoms with Crippen LogP contribution in [-0.2, 0) is 0 Å². The van der Waals surface area contributed by atoms with Gasteiger partial charge in [-0.05, 0) is 6.42 Å². The molecule has 0 unspecified atom stereocenters. The Morgan fingerprint density at radius 3 is 2.20 bits per heavy atom. The maximum atomic E-state index is 9.07. The molecule has 0 aromatic heterocycles. The molecule has 1 nitrogen and oxygen atoms in total. The van der Waals surface area contributed by atoms with Gasteiger partial charge in [0.2, 0.25) is 0 Å². The first-order valence-electron chi connectivity index (χ1n) is 3.66. The van der Waals surface area contributed by atoms with Gasteiger partial charge >= 0.3 is 0 Å². The summed E-state index contributed by atoms with van der Waals surface area (Å²) in [5.41, 5.74) is 3.11. The quantitative estimate of drug-likeness (QED) is 0.452. The van der Waals surface area contributed by atoms with E-state index in [0.29, 0.717) is 0 Å². The van der Waals surface area contributed by atoms with Crippen molar-refractivity contribution in [1.29, 1.82) is 0 Å². The van der Waals surface area contributed by atoms with Gasteiger partial charge in [-0.25, -0.2) is 0 Å². The largest absolute Gasteiger partial charge is 0.380 e. The summed E-state index contributed by atoms with van der Waals surface area (Å²) in [6.45, 7) is 8.44. The molecular formula is C8H16OSi. The number of aliphatic hydroxyl groups excluding tert-OH is 1. The molecule has 0 fully saturated rings. The molecule has 2 heteroatoms. The van der Waals surface area contributed by atoms with Crippen molar-refractivity contribution < 1.29 is 5.11 Å². The maximum Gasteiger partial charge on any atom is 0.129 e. The van der Waals surface area contributed by atoms with Crippen molar-refractivity contribution in [3.05, 3.63) is 0 Å². The lowest BCUT2D eigenvalue weighted by Crippen LogP contribution is -2.17. The van der Waals surface area contributed by atoms with Crippen LogP contribution in [0.3, 0.4) is 0 Å². The number of hydrogen-bond acceptors (Lipinski definition) is 1. The molecule has 0 aliphatic carbocycles. The normalized spacial score (nSPS) is 13.7. The molecule has 0 aromatic rings. The molecule has 10 heavy (non-hydrogen) atoms. The average molecular weight is 156 g/mol. The van der Waals surface area contributed by atoms with Crippen molar-refractivity contribution in [1.82, 2.24) is 0 Å². The molecule has 1 N–H and O–H groups in total.